The second-order valence-electron chi connectivity index (χ2n) is 16.5. The molecule has 63 heavy (non-hydrogen) atoms. The molecule has 3 heterocycles. The molecule has 3 nitrogen and oxygen atoms in total. The van der Waals surface area contributed by atoms with E-state index in [2.05, 4.69) is 250 Å². The van der Waals surface area contributed by atoms with Crippen LogP contribution in [0.2, 0.25) is 0 Å². The highest BCUT2D eigenvalue weighted by molar-refractivity contribution is 6.27. The van der Waals surface area contributed by atoms with E-state index in [0.717, 1.165) is 17.1 Å². The first kappa shape index (κ1) is 35.4. The van der Waals surface area contributed by atoms with E-state index in [4.69, 9.17) is 0 Å². The summed E-state index contributed by atoms with van der Waals surface area (Å²) in [5.41, 5.74) is 17.8. The predicted molar refractivity (Wildman–Crippen MR) is 266 cm³/mol. The van der Waals surface area contributed by atoms with E-state index in [9.17, 15) is 0 Å². The fraction of sp³-hybridized carbons (Fsp3) is 0. The van der Waals surface area contributed by atoms with E-state index in [-0.39, 0.29) is 0 Å². The minimum atomic E-state index is 1.14. The summed E-state index contributed by atoms with van der Waals surface area (Å²) < 4.78 is 7.33. The van der Waals surface area contributed by atoms with Crippen molar-refractivity contribution in [3.05, 3.63) is 237 Å². The maximum absolute atomic E-state index is 2.47. The summed E-state index contributed by atoms with van der Waals surface area (Å²) in [7, 11) is 0. The number of benzene rings is 10. The van der Waals surface area contributed by atoms with Crippen LogP contribution < -0.4 is 0 Å². The molecule has 0 amide bonds. The molecule has 0 aliphatic rings. The van der Waals surface area contributed by atoms with Crippen LogP contribution in [0.1, 0.15) is 0 Å². The van der Waals surface area contributed by atoms with E-state index in [1.165, 1.54) is 98.8 Å². The Morgan fingerprint density at radius 3 is 1.30 bits per heavy atom. The van der Waals surface area contributed by atoms with Crippen LogP contribution in [-0.2, 0) is 0 Å². The van der Waals surface area contributed by atoms with Gasteiger partial charge in [-0.3, -0.25) is 0 Å². The molecule has 0 aliphatic heterocycles. The maximum Gasteiger partial charge on any atom is 0.0627 e. The summed E-state index contributed by atoms with van der Waals surface area (Å²) in [5, 5.41) is 7.45. The van der Waals surface area contributed by atoms with Crippen molar-refractivity contribution in [2.45, 2.75) is 0 Å². The molecule has 3 heteroatoms. The molecule has 0 aliphatic carbocycles. The molecule has 294 valence electrons. The Bertz CT molecular complexity index is 3850. The number of hydrogen-bond donors (Lipinski definition) is 0. The van der Waals surface area contributed by atoms with Gasteiger partial charge < -0.3 is 13.7 Å². The number of hydrogen-bond acceptors (Lipinski definition) is 0. The zero-order chi connectivity index (χ0) is 41.4. The molecule has 0 saturated heterocycles. The lowest BCUT2D eigenvalue weighted by atomic mass is 9.94. The van der Waals surface area contributed by atoms with Crippen LogP contribution in [0.3, 0.4) is 0 Å². The molecule has 13 aromatic rings. The predicted octanol–water partition coefficient (Wildman–Crippen LogP) is 16.0. The van der Waals surface area contributed by atoms with E-state index < -0.39 is 0 Å². The molecule has 0 saturated carbocycles. The average molecular weight is 802 g/mol. The Morgan fingerprint density at radius 1 is 0.222 bits per heavy atom. The lowest BCUT2D eigenvalue weighted by Gasteiger charge is -2.15. The lowest BCUT2D eigenvalue weighted by Crippen LogP contribution is -1.97. The van der Waals surface area contributed by atoms with Crippen molar-refractivity contribution >= 4 is 65.4 Å². The summed E-state index contributed by atoms with van der Waals surface area (Å²) in [4.78, 5) is 0. The zero-order valence-corrected chi connectivity index (χ0v) is 34.4. The number of rotatable bonds is 6. The Morgan fingerprint density at radius 2 is 0.635 bits per heavy atom. The molecular weight excluding hydrogens is 763 g/mol. The van der Waals surface area contributed by atoms with E-state index in [1.54, 1.807) is 0 Å². The average Bonchev–Trinajstić information content (AvgIpc) is 3.99. The first-order chi connectivity index (χ1) is 31.3. The second kappa shape index (κ2) is 14.1. The van der Waals surface area contributed by atoms with Crippen molar-refractivity contribution in [3.63, 3.8) is 0 Å². The minimum absolute atomic E-state index is 1.14. The second-order valence-corrected chi connectivity index (χ2v) is 16.5. The third kappa shape index (κ3) is 5.46. The van der Waals surface area contributed by atoms with Crippen LogP contribution in [0.4, 0.5) is 0 Å². The van der Waals surface area contributed by atoms with Crippen LogP contribution in [0.5, 0.6) is 0 Å². The smallest absolute Gasteiger partial charge is 0.0627 e. The largest absolute Gasteiger partial charge is 0.309 e. The topological polar surface area (TPSA) is 14.8 Å². The quantitative estimate of drug-likeness (QED) is 0.159. The Labute approximate surface area is 364 Å². The Hall–Kier alpha value is -8.40. The fourth-order valence-corrected chi connectivity index (χ4v) is 10.2. The monoisotopic (exact) mass is 801 g/mol. The normalized spacial score (nSPS) is 11.8. The minimum Gasteiger partial charge on any atom is -0.309 e. The number of nitrogens with zero attached hydrogens (tertiary/aromatic N) is 3. The summed E-state index contributed by atoms with van der Waals surface area (Å²) in [6, 6.07) is 86.4. The van der Waals surface area contributed by atoms with E-state index >= 15 is 0 Å². The van der Waals surface area contributed by atoms with Gasteiger partial charge in [0.05, 0.1) is 33.1 Å². The molecule has 0 N–H and O–H groups in total. The summed E-state index contributed by atoms with van der Waals surface area (Å²) in [5.74, 6) is 0. The molecule has 3 aromatic heterocycles. The summed E-state index contributed by atoms with van der Waals surface area (Å²) >= 11 is 0. The molecule has 0 atom stereocenters. The van der Waals surface area contributed by atoms with Crippen LogP contribution >= 0.6 is 0 Å². The maximum atomic E-state index is 2.47. The summed E-state index contributed by atoms with van der Waals surface area (Å²) in [6.45, 7) is 0. The van der Waals surface area contributed by atoms with E-state index in [0.29, 0.717) is 0 Å². The van der Waals surface area contributed by atoms with Gasteiger partial charge >= 0.3 is 0 Å². The van der Waals surface area contributed by atoms with Gasteiger partial charge in [0, 0.05) is 54.9 Å². The van der Waals surface area contributed by atoms with Crippen molar-refractivity contribution in [2.75, 3.05) is 0 Å². The summed E-state index contributed by atoms with van der Waals surface area (Å²) in [6.07, 6.45) is 0. The van der Waals surface area contributed by atoms with Crippen molar-refractivity contribution in [3.8, 4) is 50.4 Å². The molecule has 10 aromatic carbocycles. The highest BCUT2D eigenvalue weighted by Crippen LogP contribution is 2.47. The first-order valence-corrected chi connectivity index (χ1v) is 21.7. The van der Waals surface area contributed by atoms with Gasteiger partial charge in [-0.15, -0.1) is 0 Å². The molecule has 0 fully saturated rings. The zero-order valence-electron chi connectivity index (χ0n) is 34.4. The molecular formula is C60H39N3. The van der Waals surface area contributed by atoms with Gasteiger partial charge in [0.25, 0.3) is 0 Å². The Kier molecular flexibility index (Phi) is 7.91. The number of fused-ring (bicyclic) bond motifs is 9. The molecule has 0 bridgehead atoms. The van der Waals surface area contributed by atoms with Gasteiger partial charge in [0.2, 0.25) is 0 Å². The lowest BCUT2D eigenvalue weighted by molar-refractivity contribution is 1.17. The molecule has 13 rings (SSSR count). The van der Waals surface area contributed by atoms with Gasteiger partial charge in [0.1, 0.15) is 0 Å². The van der Waals surface area contributed by atoms with Gasteiger partial charge in [-0.05, 0) is 94.5 Å². The Balaban J connectivity index is 1.04. The van der Waals surface area contributed by atoms with Gasteiger partial charge in [-0.1, -0.05) is 170 Å². The SMILES string of the molecule is c1ccc(-c2ccc(-n3c4ccccc4c4ccc(-c5ccc(-c6c7c8ccccc8n(-c8ccccc8)c7cc7c8ccccc8n(-c8ccccc8)c67)cc5)cc43)cc2)cc1. The molecule has 0 spiro atoms. The van der Waals surface area contributed by atoms with Crippen LogP contribution in [0.25, 0.3) is 116 Å². The third-order valence-corrected chi connectivity index (χ3v) is 13.0. The van der Waals surface area contributed by atoms with Crippen molar-refractivity contribution in [1.82, 2.24) is 13.7 Å². The van der Waals surface area contributed by atoms with Crippen LogP contribution in [0, 0.1) is 0 Å². The highest BCUT2D eigenvalue weighted by Gasteiger charge is 2.24. The molecule has 0 unspecified atom stereocenters. The van der Waals surface area contributed by atoms with Gasteiger partial charge in [0.15, 0.2) is 0 Å². The van der Waals surface area contributed by atoms with Crippen LogP contribution in [-0.4, -0.2) is 13.7 Å². The van der Waals surface area contributed by atoms with Gasteiger partial charge in [-0.2, -0.15) is 0 Å². The number of aromatic nitrogens is 3. The van der Waals surface area contributed by atoms with Crippen molar-refractivity contribution < 1.29 is 0 Å². The molecule has 0 radical (unpaired) electrons. The number of para-hydroxylation sites is 5. The van der Waals surface area contributed by atoms with E-state index in [1.807, 2.05) is 0 Å². The first-order valence-electron chi connectivity index (χ1n) is 21.7. The highest BCUT2D eigenvalue weighted by atomic mass is 15.0. The van der Waals surface area contributed by atoms with Crippen LogP contribution in [0.15, 0.2) is 237 Å². The van der Waals surface area contributed by atoms with Crippen molar-refractivity contribution in [1.29, 1.82) is 0 Å². The standard InChI is InChI=1S/C60H39N3/c1-4-16-40(17-5-1)41-32-35-47(36-33-41)61-53-25-13-10-22-48(53)50-37-34-44(38-56(50)61)42-28-30-43(31-29-42)58-59-51-24-12-15-27-55(51)62(45-18-6-2-7-19-45)57(59)39-52-49-23-11-14-26-54(49)63(60(52)58)46-20-8-3-9-21-46/h1-39H. The van der Waals surface area contributed by atoms with Crippen molar-refractivity contribution in [2.24, 2.45) is 0 Å². The third-order valence-electron chi connectivity index (χ3n) is 13.0. The van der Waals surface area contributed by atoms with Gasteiger partial charge in [-0.25, -0.2) is 0 Å². The fourth-order valence-electron chi connectivity index (χ4n) is 10.2.